The Kier molecular flexibility index (Phi) is 30.6. The van der Waals surface area contributed by atoms with Crippen LogP contribution in [0.1, 0.15) is 0 Å². The van der Waals surface area contributed by atoms with Gasteiger partial charge in [0.2, 0.25) is 0 Å². The van der Waals surface area contributed by atoms with E-state index in [9.17, 15) is 0 Å². The van der Waals surface area contributed by atoms with Gasteiger partial charge in [-0.25, -0.2) is 0 Å². The normalized spacial score (nSPS) is 10.9. The molecule has 0 saturated heterocycles. The maximum atomic E-state index is 4.82. The van der Waals surface area contributed by atoms with Crippen LogP contribution in [0.4, 0.5) is 0 Å². The van der Waals surface area contributed by atoms with Crippen LogP contribution in [-0.4, -0.2) is 50.5 Å². The molecule has 0 spiro atoms. The maximum Gasteiger partial charge on any atom is 0.102 e. The van der Waals surface area contributed by atoms with Crippen LogP contribution in [-0.2, 0) is 47.4 Å². The molecule has 0 aliphatic carbocycles. The summed E-state index contributed by atoms with van der Waals surface area (Å²) in [4.78, 5) is 0. The van der Waals surface area contributed by atoms with Crippen LogP contribution >= 0.6 is 15.8 Å². The fraction of sp³-hybridized carbons (Fsp3) is 0.250. The van der Waals surface area contributed by atoms with Crippen molar-refractivity contribution >= 4 is 125 Å². The van der Waals surface area contributed by atoms with E-state index in [-0.39, 0.29) is 65.0 Å². The third-order valence-corrected chi connectivity index (χ3v) is 23.9. The summed E-state index contributed by atoms with van der Waals surface area (Å²) in [7, 11) is -6.18. The molecule has 0 aromatic heterocycles. The van der Waals surface area contributed by atoms with Gasteiger partial charge in [0.15, 0.2) is 0 Å². The van der Waals surface area contributed by atoms with E-state index in [0.29, 0.717) is 0 Å². The summed E-state index contributed by atoms with van der Waals surface area (Å²) < 4.78 is 9.64. The van der Waals surface area contributed by atoms with Crippen molar-refractivity contribution in [2.24, 2.45) is 0 Å². The molecule has 0 saturated carbocycles. The number of rotatable bonds is 10. The maximum absolute atomic E-state index is 4.82. The van der Waals surface area contributed by atoms with Gasteiger partial charge < -0.3 is 36.3 Å². The molecule has 2 nitrogen and oxygen atoms in total. The first-order valence-corrected chi connectivity index (χ1v) is 36.6. The molecule has 0 heterocycles. The van der Waals surface area contributed by atoms with Gasteiger partial charge in [-0.05, 0) is 72.8 Å². The Balaban J connectivity index is 0. The average Bonchev–Trinajstić information content (AvgIpc) is 3.13. The Labute approximate surface area is 411 Å². The van der Waals surface area contributed by atoms with Gasteiger partial charge in [-0.2, -0.15) is 0 Å². The molecule has 0 aliphatic rings. The van der Waals surface area contributed by atoms with Gasteiger partial charge in [-0.1, -0.05) is 221 Å². The van der Waals surface area contributed by atoms with Crippen LogP contribution in [0.15, 0.2) is 182 Å². The summed E-state index contributed by atoms with van der Waals surface area (Å²) in [5.41, 5.74) is 0. The molecule has 0 N–H and O–H groups in total. The molecule has 0 amide bonds. The summed E-state index contributed by atoms with van der Waals surface area (Å²) in [6.45, 7) is 27.6. The van der Waals surface area contributed by atoms with Crippen LogP contribution < -0.4 is 31.8 Å². The van der Waals surface area contributed by atoms with E-state index in [4.69, 9.17) is 9.30 Å². The number of benzene rings is 6. The zero-order valence-electron chi connectivity index (χ0n) is 37.9. The largest absolute Gasteiger partial charge is 0.813 e. The van der Waals surface area contributed by atoms with Crippen molar-refractivity contribution in [1.82, 2.24) is 0 Å². The van der Waals surface area contributed by atoms with Crippen molar-refractivity contribution in [3.63, 3.8) is 0 Å². The molecule has 6 aromatic rings. The zero-order chi connectivity index (χ0) is 41.2. The number of nitrogens with zero attached hydrogens (tertiary/aromatic N) is 2. The number of hydrogen-bond donors (Lipinski definition) is 0. The van der Waals surface area contributed by atoms with Crippen molar-refractivity contribution in [2.45, 2.75) is 78.6 Å². The molecule has 12 heteroatoms. The molecule has 0 unspecified atom stereocenters. The zero-order valence-corrected chi connectivity index (χ0v) is 49.4. The predicted molar refractivity (Wildman–Crippen MR) is 296 cm³/mol. The standard InChI is InChI=1S/2C18H15P.2C6H18NSi2.Ge.Pd.2H2S/c2*1-4-10-16(11-5-1)19(17-12-6-2-7-13-17)18-14-8-3-9-15-18;2*1-8(2,3)7-9(4,5)6;;;;/h2*1-15H;2*1-6H3;;;2*1H2/q;;2*-1;;;;. The summed E-state index contributed by atoms with van der Waals surface area (Å²) >= 11 is 0. The van der Waals surface area contributed by atoms with Gasteiger partial charge in [0.1, 0.15) is 31.8 Å². The quantitative estimate of drug-likeness (QED) is 0.0592. The summed E-state index contributed by atoms with van der Waals surface area (Å²) in [6, 6.07) is 65.0. The van der Waals surface area contributed by atoms with Gasteiger partial charge in [0.25, 0.3) is 0 Å². The van der Waals surface area contributed by atoms with Gasteiger partial charge in [0.05, 0.1) is 15.8 Å². The molecule has 0 fully saturated rings. The van der Waals surface area contributed by atoms with E-state index in [1.807, 2.05) is 0 Å². The van der Waals surface area contributed by atoms with Gasteiger partial charge in [-0.15, -0.1) is 0 Å². The van der Waals surface area contributed by atoms with Crippen LogP contribution in [0.25, 0.3) is 9.30 Å². The van der Waals surface area contributed by atoms with Gasteiger partial charge in [-0.3, -0.25) is 0 Å². The average molecular weight is 1090 g/mol. The smallest absolute Gasteiger partial charge is 0.102 e. The molecule has 326 valence electrons. The Morgan fingerprint density at radius 2 is 0.383 bits per heavy atom. The molecule has 0 bridgehead atoms. The van der Waals surface area contributed by atoms with E-state index >= 15 is 0 Å². The Bertz CT molecular complexity index is 1580. The van der Waals surface area contributed by atoms with Gasteiger partial charge in [0, 0.05) is 38.0 Å². The topological polar surface area (TPSA) is 28.2 Å². The fourth-order valence-electron chi connectivity index (χ4n) is 6.64. The first-order valence-electron chi connectivity index (χ1n) is 19.9. The minimum absolute atomic E-state index is 0. The first kappa shape index (κ1) is 61.0. The van der Waals surface area contributed by atoms with Crippen molar-refractivity contribution in [3.05, 3.63) is 191 Å². The molecule has 0 atom stereocenters. The van der Waals surface area contributed by atoms with Crippen molar-refractivity contribution in [3.8, 4) is 0 Å². The Hall–Kier alpha value is -1.13. The van der Waals surface area contributed by atoms with Crippen LogP contribution in [0.2, 0.25) is 78.6 Å². The van der Waals surface area contributed by atoms with Crippen molar-refractivity contribution < 1.29 is 20.4 Å². The first-order chi connectivity index (χ1) is 26.3. The van der Waals surface area contributed by atoms with Crippen LogP contribution in [0.3, 0.4) is 0 Å². The number of hydrogen-bond acceptors (Lipinski definition) is 2. The summed E-state index contributed by atoms with van der Waals surface area (Å²) in [5.74, 6) is 0. The van der Waals surface area contributed by atoms with E-state index in [0.717, 1.165) is 0 Å². The monoisotopic (exact) mass is 1090 g/mol. The molecule has 4 radical (unpaired) electrons. The van der Waals surface area contributed by atoms with E-state index < -0.39 is 48.8 Å². The molecule has 60 heavy (non-hydrogen) atoms. The Morgan fingerprint density at radius 3 is 0.467 bits per heavy atom. The third kappa shape index (κ3) is 25.9. The molecular formula is C48H70GeN2P2PdS2Si4-2. The van der Waals surface area contributed by atoms with Crippen LogP contribution in [0.5, 0.6) is 0 Å². The van der Waals surface area contributed by atoms with Crippen molar-refractivity contribution in [2.75, 3.05) is 0 Å². The second-order valence-electron chi connectivity index (χ2n) is 17.9. The third-order valence-electron chi connectivity index (χ3n) is 7.72. The van der Waals surface area contributed by atoms with Crippen LogP contribution in [0, 0.1) is 0 Å². The molecule has 0 aliphatic heterocycles. The van der Waals surface area contributed by atoms with E-state index in [1.165, 1.54) is 31.8 Å². The van der Waals surface area contributed by atoms with E-state index in [2.05, 4.69) is 261 Å². The van der Waals surface area contributed by atoms with Crippen molar-refractivity contribution in [1.29, 1.82) is 0 Å². The minimum Gasteiger partial charge on any atom is -0.813 e. The molecular weight excluding hydrogens is 1020 g/mol. The molecule has 6 aromatic carbocycles. The molecule has 6 rings (SSSR count). The summed E-state index contributed by atoms with van der Waals surface area (Å²) in [5, 5.41) is 8.61. The SMILES string of the molecule is C[Si](C)(C)[N-][Si](C)(C)C.C[Si](C)(C)[N-][Si](C)(C)C.[Ge].[Pd].[SH-].[SH-].c1ccc([PH+](c2ccccc2)c2ccccc2)cc1.c1ccc([PH+](c2ccccc2)c2ccccc2)cc1. The second-order valence-corrected chi connectivity index (χ2v) is 42.0. The van der Waals surface area contributed by atoms with E-state index in [1.54, 1.807) is 0 Å². The second kappa shape index (κ2) is 30.1. The minimum atomic E-state index is -1.11. The van der Waals surface area contributed by atoms with Gasteiger partial charge >= 0.3 is 0 Å². The fourth-order valence-corrected chi connectivity index (χ4v) is 27.9. The number of thiol groups is 2. The predicted octanol–water partition coefficient (Wildman–Crippen LogP) is 11.5. The Morgan fingerprint density at radius 1 is 0.267 bits per heavy atom. The summed E-state index contributed by atoms with van der Waals surface area (Å²) in [6.07, 6.45) is 0.